The van der Waals surface area contributed by atoms with Gasteiger partial charge in [0.15, 0.2) is 5.82 Å². The van der Waals surface area contributed by atoms with Crippen molar-refractivity contribution < 1.29 is 9.84 Å². The number of aromatic hydroxyl groups is 1. The predicted octanol–water partition coefficient (Wildman–Crippen LogP) is 3.18. The number of methoxy groups -OCH3 is 1. The fourth-order valence-electron chi connectivity index (χ4n) is 2.25. The largest absolute Gasteiger partial charge is 0.507 e. The molecule has 6 heteroatoms. The number of fused-ring (bicyclic) bond motifs is 1. The minimum Gasteiger partial charge on any atom is -0.507 e. The standard InChI is InChI=1S/C17H16N4O2/c1-11(14-8-7-13(23-2)9-16(14)22)19-21-17-15-6-4-3-5-12(15)10-18-20-17/h3-10,22H,1-2H3,(H,20,21). The van der Waals surface area contributed by atoms with Crippen molar-refractivity contribution in [1.82, 2.24) is 10.2 Å². The smallest absolute Gasteiger partial charge is 0.176 e. The Morgan fingerprint density at radius 3 is 2.83 bits per heavy atom. The number of nitrogens with zero attached hydrogens (tertiary/aromatic N) is 3. The summed E-state index contributed by atoms with van der Waals surface area (Å²) in [5.74, 6) is 1.26. The van der Waals surface area contributed by atoms with Gasteiger partial charge in [0, 0.05) is 22.4 Å². The number of nitrogens with one attached hydrogen (secondary N) is 1. The van der Waals surface area contributed by atoms with E-state index in [1.807, 2.05) is 24.3 Å². The molecule has 0 aliphatic heterocycles. The molecule has 0 saturated heterocycles. The SMILES string of the molecule is COc1ccc(C(C)=NNc2nncc3ccccc23)c(O)c1. The van der Waals surface area contributed by atoms with Crippen molar-refractivity contribution in [3.63, 3.8) is 0 Å². The van der Waals surface area contributed by atoms with E-state index < -0.39 is 0 Å². The van der Waals surface area contributed by atoms with E-state index >= 15 is 0 Å². The van der Waals surface area contributed by atoms with Crippen molar-refractivity contribution in [2.24, 2.45) is 5.10 Å². The summed E-state index contributed by atoms with van der Waals surface area (Å²) in [4.78, 5) is 0. The van der Waals surface area contributed by atoms with Crippen LogP contribution in [0.1, 0.15) is 12.5 Å². The van der Waals surface area contributed by atoms with Crippen LogP contribution in [0.25, 0.3) is 10.8 Å². The fourth-order valence-corrected chi connectivity index (χ4v) is 2.25. The van der Waals surface area contributed by atoms with Gasteiger partial charge in [-0.05, 0) is 19.1 Å². The van der Waals surface area contributed by atoms with Crippen LogP contribution in [0.2, 0.25) is 0 Å². The van der Waals surface area contributed by atoms with E-state index in [9.17, 15) is 5.11 Å². The molecule has 0 aliphatic rings. The first-order chi connectivity index (χ1) is 11.2. The lowest BCUT2D eigenvalue weighted by atomic mass is 10.1. The Bertz CT molecular complexity index is 872. The lowest BCUT2D eigenvalue weighted by Crippen LogP contribution is -2.02. The van der Waals surface area contributed by atoms with Gasteiger partial charge in [-0.1, -0.05) is 24.3 Å². The van der Waals surface area contributed by atoms with E-state index in [0.29, 0.717) is 22.8 Å². The number of hydrazone groups is 1. The Balaban J connectivity index is 1.89. The van der Waals surface area contributed by atoms with Gasteiger partial charge >= 0.3 is 0 Å². The first-order valence-corrected chi connectivity index (χ1v) is 7.07. The summed E-state index contributed by atoms with van der Waals surface area (Å²) in [6, 6.07) is 12.9. The van der Waals surface area contributed by atoms with Crippen LogP contribution >= 0.6 is 0 Å². The molecule has 0 radical (unpaired) electrons. The van der Waals surface area contributed by atoms with Gasteiger partial charge < -0.3 is 9.84 Å². The zero-order valence-electron chi connectivity index (χ0n) is 12.8. The highest BCUT2D eigenvalue weighted by Gasteiger charge is 2.07. The molecule has 0 fully saturated rings. The van der Waals surface area contributed by atoms with Crippen LogP contribution in [-0.2, 0) is 0 Å². The average Bonchev–Trinajstić information content (AvgIpc) is 2.59. The second-order valence-electron chi connectivity index (χ2n) is 4.97. The van der Waals surface area contributed by atoms with Crippen molar-refractivity contribution in [2.45, 2.75) is 6.92 Å². The summed E-state index contributed by atoms with van der Waals surface area (Å²) in [7, 11) is 1.55. The molecule has 0 atom stereocenters. The number of phenolic OH excluding ortho intramolecular Hbond substituents is 1. The summed E-state index contributed by atoms with van der Waals surface area (Å²) >= 11 is 0. The third-order valence-electron chi connectivity index (χ3n) is 3.49. The molecule has 1 heterocycles. The highest BCUT2D eigenvalue weighted by Crippen LogP contribution is 2.24. The highest BCUT2D eigenvalue weighted by atomic mass is 16.5. The quantitative estimate of drug-likeness (QED) is 0.571. The molecule has 23 heavy (non-hydrogen) atoms. The molecule has 6 nitrogen and oxygen atoms in total. The van der Waals surface area contributed by atoms with E-state index in [1.165, 1.54) is 0 Å². The lowest BCUT2D eigenvalue weighted by Gasteiger charge is -2.08. The number of hydrogen-bond donors (Lipinski definition) is 2. The summed E-state index contributed by atoms with van der Waals surface area (Å²) in [6.45, 7) is 1.80. The van der Waals surface area contributed by atoms with E-state index in [-0.39, 0.29) is 5.75 Å². The van der Waals surface area contributed by atoms with Gasteiger partial charge in [0.05, 0.1) is 19.0 Å². The van der Waals surface area contributed by atoms with E-state index in [4.69, 9.17) is 4.74 Å². The molecular weight excluding hydrogens is 292 g/mol. The Morgan fingerprint density at radius 2 is 2.04 bits per heavy atom. The predicted molar refractivity (Wildman–Crippen MR) is 90.0 cm³/mol. The van der Waals surface area contributed by atoms with Crippen LogP contribution in [0.15, 0.2) is 53.8 Å². The molecule has 3 rings (SSSR count). The number of anilines is 1. The van der Waals surface area contributed by atoms with Gasteiger partial charge in [-0.2, -0.15) is 10.2 Å². The molecule has 116 valence electrons. The lowest BCUT2D eigenvalue weighted by molar-refractivity contribution is 0.407. The number of hydrogen-bond acceptors (Lipinski definition) is 6. The molecule has 0 unspecified atom stereocenters. The topological polar surface area (TPSA) is 79.6 Å². The van der Waals surface area contributed by atoms with Crippen molar-refractivity contribution >= 4 is 22.3 Å². The van der Waals surface area contributed by atoms with E-state index in [0.717, 1.165) is 10.8 Å². The van der Waals surface area contributed by atoms with Gasteiger partial charge in [0.1, 0.15) is 11.5 Å². The first-order valence-electron chi connectivity index (χ1n) is 7.07. The monoisotopic (exact) mass is 308 g/mol. The third-order valence-corrected chi connectivity index (χ3v) is 3.49. The zero-order chi connectivity index (χ0) is 16.2. The number of rotatable bonds is 4. The minimum atomic E-state index is 0.108. The normalized spacial score (nSPS) is 11.5. The van der Waals surface area contributed by atoms with Gasteiger partial charge in [-0.3, -0.25) is 5.43 Å². The Morgan fingerprint density at radius 1 is 1.22 bits per heavy atom. The fraction of sp³-hybridized carbons (Fsp3) is 0.118. The minimum absolute atomic E-state index is 0.108. The van der Waals surface area contributed by atoms with Crippen LogP contribution in [-0.4, -0.2) is 28.1 Å². The summed E-state index contributed by atoms with van der Waals surface area (Å²) in [5, 5.41) is 24.3. The van der Waals surface area contributed by atoms with Gasteiger partial charge in [-0.15, -0.1) is 5.10 Å². The molecule has 3 aromatic rings. The van der Waals surface area contributed by atoms with Crippen LogP contribution in [0.3, 0.4) is 0 Å². The molecule has 0 amide bonds. The van der Waals surface area contributed by atoms with Gasteiger partial charge in [0.25, 0.3) is 0 Å². The first kappa shape index (κ1) is 14.8. The molecule has 2 aromatic carbocycles. The molecule has 1 aromatic heterocycles. The molecule has 2 N–H and O–H groups in total. The molecule has 0 aliphatic carbocycles. The van der Waals surface area contributed by atoms with Crippen LogP contribution < -0.4 is 10.2 Å². The summed E-state index contributed by atoms with van der Waals surface area (Å²) in [5.41, 5.74) is 4.16. The van der Waals surface area contributed by atoms with Gasteiger partial charge in [-0.25, -0.2) is 0 Å². The van der Waals surface area contributed by atoms with Crippen LogP contribution in [0.5, 0.6) is 11.5 Å². The number of benzene rings is 2. The summed E-state index contributed by atoms with van der Waals surface area (Å²) in [6.07, 6.45) is 1.70. The maximum Gasteiger partial charge on any atom is 0.176 e. The van der Waals surface area contributed by atoms with Crippen molar-refractivity contribution in [3.8, 4) is 11.5 Å². The molecule has 0 saturated carbocycles. The van der Waals surface area contributed by atoms with E-state index in [2.05, 4.69) is 20.7 Å². The van der Waals surface area contributed by atoms with Crippen molar-refractivity contribution in [2.75, 3.05) is 12.5 Å². The highest BCUT2D eigenvalue weighted by molar-refractivity contribution is 6.02. The van der Waals surface area contributed by atoms with Gasteiger partial charge in [0.2, 0.25) is 0 Å². The number of phenols is 1. The van der Waals surface area contributed by atoms with Crippen LogP contribution in [0.4, 0.5) is 5.82 Å². The molecular formula is C17H16N4O2. The maximum absolute atomic E-state index is 10.0. The Hall–Kier alpha value is -3.15. The van der Waals surface area contributed by atoms with Crippen molar-refractivity contribution in [1.29, 1.82) is 0 Å². The second kappa shape index (κ2) is 6.31. The second-order valence-corrected chi connectivity index (χ2v) is 4.97. The summed E-state index contributed by atoms with van der Waals surface area (Å²) < 4.78 is 5.07. The number of ether oxygens (including phenoxy) is 1. The third kappa shape index (κ3) is 3.06. The Kier molecular flexibility index (Phi) is 4.05. The van der Waals surface area contributed by atoms with Crippen LogP contribution in [0, 0.1) is 0 Å². The van der Waals surface area contributed by atoms with Crippen molar-refractivity contribution in [3.05, 3.63) is 54.2 Å². The van der Waals surface area contributed by atoms with E-state index in [1.54, 1.807) is 38.4 Å². The molecule has 0 bridgehead atoms. The Labute approximate surface area is 133 Å². The molecule has 0 spiro atoms. The average molecular weight is 308 g/mol. The zero-order valence-corrected chi connectivity index (χ0v) is 12.8. The maximum atomic E-state index is 10.0. The number of aromatic nitrogens is 2.